The van der Waals surface area contributed by atoms with Gasteiger partial charge in [-0.15, -0.1) is 11.3 Å². The number of hydrogen-bond donors (Lipinski definition) is 3. The Bertz CT molecular complexity index is 1190. The van der Waals surface area contributed by atoms with Crippen molar-refractivity contribution in [2.24, 2.45) is 0 Å². The summed E-state index contributed by atoms with van der Waals surface area (Å²) in [5, 5.41) is 7.33. The molecule has 0 aliphatic heterocycles. The van der Waals surface area contributed by atoms with Crippen LogP contribution in [-0.2, 0) is 0 Å². The Labute approximate surface area is 156 Å². The molecule has 0 unspecified atom stereocenters. The Hall–Kier alpha value is -3.65. The Morgan fingerprint density at radius 2 is 1.81 bits per heavy atom. The van der Waals surface area contributed by atoms with Gasteiger partial charge in [0.15, 0.2) is 5.58 Å². The molecule has 0 aliphatic rings. The molecule has 4 rings (SSSR count). The van der Waals surface area contributed by atoms with Crippen LogP contribution in [0.4, 0.5) is 11.4 Å². The maximum atomic E-state index is 12.7. The summed E-state index contributed by atoms with van der Waals surface area (Å²) in [5.74, 6) is -1.22. The van der Waals surface area contributed by atoms with E-state index in [9.17, 15) is 14.4 Å². The van der Waals surface area contributed by atoms with Crippen LogP contribution in [-0.4, -0.2) is 16.8 Å². The van der Waals surface area contributed by atoms with E-state index in [-0.39, 0.29) is 11.8 Å². The van der Waals surface area contributed by atoms with Crippen LogP contribution < -0.4 is 16.4 Å². The topological polar surface area (TPSA) is 104 Å². The highest BCUT2D eigenvalue weighted by molar-refractivity contribution is 7.12. The van der Waals surface area contributed by atoms with Gasteiger partial charge in [-0.2, -0.15) is 0 Å². The Morgan fingerprint density at radius 3 is 2.63 bits per heavy atom. The van der Waals surface area contributed by atoms with Crippen molar-refractivity contribution in [3.63, 3.8) is 0 Å². The first-order valence-electron chi connectivity index (χ1n) is 7.98. The van der Waals surface area contributed by atoms with Crippen molar-refractivity contribution < 1.29 is 14.0 Å². The van der Waals surface area contributed by atoms with Crippen LogP contribution in [0, 0.1) is 0 Å². The number of amides is 2. The molecule has 8 heteroatoms. The van der Waals surface area contributed by atoms with Crippen LogP contribution in [0.5, 0.6) is 0 Å². The number of aromatic nitrogens is 1. The average molecular weight is 379 g/mol. The zero-order valence-corrected chi connectivity index (χ0v) is 14.6. The minimum absolute atomic E-state index is 0.275. The molecule has 0 aliphatic carbocycles. The summed E-state index contributed by atoms with van der Waals surface area (Å²) >= 11 is 1.32. The zero-order valence-electron chi connectivity index (χ0n) is 13.8. The third-order valence-corrected chi connectivity index (χ3v) is 4.71. The van der Waals surface area contributed by atoms with Crippen molar-refractivity contribution in [3.05, 3.63) is 81.0 Å². The van der Waals surface area contributed by atoms with Gasteiger partial charge in [0.25, 0.3) is 11.8 Å². The van der Waals surface area contributed by atoms with Crippen molar-refractivity contribution in [3.8, 4) is 0 Å². The summed E-state index contributed by atoms with van der Waals surface area (Å²) in [6.07, 6.45) is 0. The highest BCUT2D eigenvalue weighted by Gasteiger charge is 2.15. The van der Waals surface area contributed by atoms with E-state index >= 15 is 0 Å². The van der Waals surface area contributed by atoms with E-state index in [4.69, 9.17) is 4.42 Å². The number of para-hydroxylation sites is 1. The number of benzene rings is 2. The van der Waals surface area contributed by atoms with E-state index in [1.807, 2.05) is 5.38 Å². The van der Waals surface area contributed by atoms with Crippen LogP contribution in [0.3, 0.4) is 0 Å². The summed E-state index contributed by atoms with van der Waals surface area (Å²) in [6, 6.07) is 15.1. The number of anilines is 2. The van der Waals surface area contributed by atoms with Crippen LogP contribution >= 0.6 is 11.3 Å². The number of carbonyl (C=O) groups is 2. The summed E-state index contributed by atoms with van der Waals surface area (Å²) in [6.45, 7) is 0. The Kier molecular flexibility index (Phi) is 4.31. The van der Waals surface area contributed by atoms with Crippen molar-refractivity contribution in [1.29, 1.82) is 0 Å². The van der Waals surface area contributed by atoms with E-state index < -0.39 is 5.76 Å². The minimum Gasteiger partial charge on any atom is -0.408 e. The summed E-state index contributed by atoms with van der Waals surface area (Å²) in [4.78, 5) is 39.3. The largest absolute Gasteiger partial charge is 0.417 e. The quantitative estimate of drug-likeness (QED) is 0.503. The summed E-state index contributed by atoms with van der Waals surface area (Å²) < 4.78 is 4.94. The lowest BCUT2D eigenvalue weighted by Crippen LogP contribution is -2.17. The van der Waals surface area contributed by atoms with Gasteiger partial charge in [-0.3, -0.25) is 14.6 Å². The number of fused-ring (bicyclic) bond motifs is 1. The van der Waals surface area contributed by atoms with E-state index in [2.05, 4.69) is 15.6 Å². The molecule has 7 nitrogen and oxygen atoms in total. The van der Waals surface area contributed by atoms with Gasteiger partial charge in [-0.25, -0.2) is 4.79 Å². The molecule has 134 valence electrons. The molecular weight excluding hydrogens is 366 g/mol. The van der Waals surface area contributed by atoms with E-state index in [1.54, 1.807) is 54.6 Å². The van der Waals surface area contributed by atoms with Gasteiger partial charge in [-0.1, -0.05) is 18.2 Å². The molecule has 4 aromatic rings. The highest BCUT2D eigenvalue weighted by Crippen LogP contribution is 2.21. The number of nitrogens with one attached hydrogen (secondary N) is 3. The molecule has 2 amide bonds. The first kappa shape index (κ1) is 16.8. The lowest BCUT2D eigenvalue weighted by Gasteiger charge is -2.11. The normalized spacial score (nSPS) is 10.7. The van der Waals surface area contributed by atoms with Crippen molar-refractivity contribution in [2.75, 3.05) is 10.6 Å². The molecule has 0 fully saturated rings. The van der Waals surface area contributed by atoms with Crippen LogP contribution in [0.25, 0.3) is 11.1 Å². The Balaban J connectivity index is 1.57. The van der Waals surface area contributed by atoms with E-state index in [1.165, 1.54) is 11.3 Å². The van der Waals surface area contributed by atoms with Gasteiger partial charge < -0.3 is 15.1 Å². The second-order valence-electron chi connectivity index (χ2n) is 5.66. The molecule has 27 heavy (non-hydrogen) atoms. The van der Waals surface area contributed by atoms with Crippen molar-refractivity contribution >= 4 is 45.6 Å². The number of H-pyrrole nitrogens is 1. The molecule has 0 spiro atoms. The molecular formula is C19H13N3O4S. The predicted octanol–water partition coefficient (Wildman–Crippen LogP) is 3.69. The monoisotopic (exact) mass is 379 g/mol. The van der Waals surface area contributed by atoms with Crippen LogP contribution in [0.1, 0.15) is 20.0 Å². The Morgan fingerprint density at radius 1 is 0.963 bits per heavy atom. The fraction of sp³-hybridized carbons (Fsp3) is 0. The molecule has 0 radical (unpaired) electrons. The minimum atomic E-state index is -0.560. The molecule has 3 N–H and O–H groups in total. The number of aromatic amines is 1. The second-order valence-corrected chi connectivity index (χ2v) is 6.60. The smallest absolute Gasteiger partial charge is 0.408 e. The fourth-order valence-electron chi connectivity index (χ4n) is 2.61. The number of oxazole rings is 1. The van der Waals surface area contributed by atoms with Crippen LogP contribution in [0.2, 0.25) is 0 Å². The molecule has 0 saturated heterocycles. The summed E-state index contributed by atoms with van der Waals surface area (Å²) in [5.41, 5.74) is 2.11. The fourth-order valence-corrected chi connectivity index (χ4v) is 3.23. The molecule has 0 saturated carbocycles. The van der Waals surface area contributed by atoms with Gasteiger partial charge in [0, 0.05) is 5.69 Å². The number of carbonyl (C=O) groups excluding carboxylic acids is 2. The van der Waals surface area contributed by atoms with Gasteiger partial charge in [-0.05, 0) is 41.8 Å². The molecule has 2 heterocycles. The highest BCUT2D eigenvalue weighted by atomic mass is 32.1. The molecule has 2 aromatic heterocycles. The lowest BCUT2D eigenvalue weighted by molar-refractivity contribution is 0.102. The first-order valence-corrected chi connectivity index (χ1v) is 8.86. The lowest BCUT2D eigenvalue weighted by atomic mass is 10.1. The second kappa shape index (κ2) is 6.93. The SMILES string of the molecule is O=C(Nc1ccccc1C(=O)Nc1ccc2oc(=O)[nH]c2c1)c1cccs1. The standard InChI is InChI=1S/C19H13N3O4S/c23-17(20-11-7-8-15-14(10-11)22-19(25)26-15)12-4-1-2-5-13(12)21-18(24)16-6-3-9-27-16/h1-10H,(H,20,23)(H,21,24)(H,22,25). The van der Waals surface area contributed by atoms with Crippen molar-refractivity contribution in [2.45, 2.75) is 0 Å². The number of hydrogen-bond acceptors (Lipinski definition) is 5. The van der Waals surface area contributed by atoms with Gasteiger partial charge >= 0.3 is 5.76 Å². The molecule has 2 aromatic carbocycles. The van der Waals surface area contributed by atoms with E-state index in [0.717, 1.165) is 0 Å². The molecule has 0 bridgehead atoms. The van der Waals surface area contributed by atoms with Gasteiger partial charge in [0.1, 0.15) is 0 Å². The maximum Gasteiger partial charge on any atom is 0.417 e. The summed E-state index contributed by atoms with van der Waals surface area (Å²) in [7, 11) is 0. The molecule has 0 atom stereocenters. The van der Waals surface area contributed by atoms with Gasteiger partial charge in [0.05, 0.1) is 21.6 Å². The van der Waals surface area contributed by atoms with Crippen LogP contribution in [0.15, 0.2) is 69.2 Å². The van der Waals surface area contributed by atoms with E-state index in [0.29, 0.717) is 32.9 Å². The predicted molar refractivity (Wildman–Crippen MR) is 104 cm³/mol. The average Bonchev–Trinajstić information content (AvgIpc) is 3.30. The third kappa shape index (κ3) is 3.51. The first-order chi connectivity index (χ1) is 13.1. The zero-order chi connectivity index (χ0) is 18.8. The van der Waals surface area contributed by atoms with Crippen molar-refractivity contribution in [1.82, 2.24) is 4.98 Å². The number of rotatable bonds is 4. The third-order valence-electron chi connectivity index (χ3n) is 3.84. The maximum absolute atomic E-state index is 12.7. The number of thiophene rings is 1. The van der Waals surface area contributed by atoms with Gasteiger partial charge in [0.2, 0.25) is 0 Å².